The molecule has 6 heteroatoms. The van der Waals surface area contributed by atoms with Crippen LogP contribution in [0.3, 0.4) is 0 Å². The van der Waals surface area contributed by atoms with Crippen LogP contribution in [0.2, 0.25) is 5.02 Å². The van der Waals surface area contributed by atoms with Gasteiger partial charge in [0.05, 0.1) is 5.56 Å². The van der Waals surface area contributed by atoms with Crippen molar-refractivity contribution in [3.8, 4) is 11.1 Å². The van der Waals surface area contributed by atoms with Crippen LogP contribution < -0.4 is 5.56 Å². The number of hydrogen-bond acceptors (Lipinski definition) is 2. The van der Waals surface area contributed by atoms with E-state index < -0.39 is 23.0 Å². The summed E-state index contributed by atoms with van der Waals surface area (Å²) in [5.74, 6) is -2.57. The molecule has 0 fully saturated rings. The molecular weight excluding hydrogens is 408 g/mol. The van der Waals surface area contributed by atoms with Crippen LogP contribution in [0.15, 0.2) is 77.6 Å². The Bertz CT molecular complexity index is 1360. The summed E-state index contributed by atoms with van der Waals surface area (Å²) in [4.78, 5) is 28.5. The molecule has 0 aliphatic heterocycles. The van der Waals surface area contributed by atoms with Crippen molar-refractivity contribution in [3.63, 3.8) is 0 Å². The first-order valence-electron chi connectivity index (χ1n) is 9.02. The average Bonchev–Trinajstić information content (AvgIpc) is 2.74. The highest BCUT2D eigenvalue weighted by Gasteiger charge is 2.19. The van der Waals surface area contributed by atoms with Crippen molar-refractivity contribution in [2.24, 2.45) is 0 Å². The van der Waals surface area contributed by atoms with E-state index in [0.29, 0.717) is 32.6 Å². The predicted molar refractivity (Wildman–Crippen MR) is 115 cm³/mol. The lowest BCUT2D eigenvalue weighted by molar-refractivity contribution is 0.104. The molecular formula is C24H14ClF2NO2. The first-order chi connectivity index (χ1) is 14.4. The summed E-state index contributed by atoms with van der Waals surface area (Å²) in [7, 11) is 0. The van der Waals surface area contributed by atoms with E-state index in [0.717, 1.165) is 12.1 Å². The SMILES string of the molecule is O=C(/C=C/c1ccc(F)c(F)c1)c1c(-c2ccccc2)c2cc(Cl)ccc2[nH]c1=O. The molecule has 0 bridgehead atoms. The molecule has 0 amide bonds. The highest BCUT2D eigenvalue weighted by Crippen LogP contribution is 2.31. The lowest BCUT2D eigenvalue weighted by Gasteiger charge is -2.11. The molecule has 0 spiro atoms. The topological polar surface area (TPSA) is 49.9 Å². The summed E-state index contributed by atoms with van der Waals surface area (Å²) in [6, 6.07) is 17.3. The molecule has 4 rings (SSSR count). The Morgan fingerprint density at radius 1 is 0.933 bits per heavy atom. The quantitative estimate of drug-likeness (QED) is 0.323. The van der Waals surface area contributed by atoms with Crippen molar-refractivity contribution >= 4 is 34.4 Å². The number of aromatic nitrogens is 1. The van der Waals surface area contributed by atoms with Gasteiger partial charge >= 0.3 is 0 Å². The molecule has 1 N–H and O–H groups in total. The van der Waals surface area contributed by atoms with Crippen LogP contribution in [0.25, 0.3) is 28.1 Å². The molecule has 1 heterocycles. The maximum atomic E-state index is 13.4. The third-order valence-corrected chi connectivity index (χ3v) is 4.89. The average molecular weight is 422 g/mol. The molecule has 0 atom stereocenters. The second-order valence-electron chi connectivity index (χ2n) is 6.63. The monoisotopic (exact) mass is 421 g/mol. The molecule has 0 saturated carbocycles. The lowest BCUT2D eigenvalue weighted by atomic mass is 9.94. The van der Waals surface area contributed by atoms with Gasteiger partial charge < -0.3 is 4.98 Å². The molecule has 3 aromatic carbocycles. The number of halogens is 3. The minimum Gasteiger partial charge on any atom is -0.321 e. The Hall–Kier alpha value is -3.57. The van der Waals surface area contributed by atoms with Gasteiger partial charge in [-0.25, -0.2) is 8.78 Å². The largest absolute Gasteiger partial charge is 0.321 e. The van der Waals surface area contributed by atoms with Crippen LogP contribution in [0.1, 0.15) is 15.9 Å². The van der Waals surface area contributed by atoms with Crippen LogP contribution in [0.5, 0.6) is 0 Å². The maximum Gasteiger partial charge on any atom is 0.260 e. The third-order valence-electron chi connectivity index (χ3n) is 4.66. The predicted octanol–water partition coefficient (Wildman–Crippen LogP) is 6.02. The Morgan fingerprint density at radius 3 is 2.43 bits per heavy atom. The molecule has 1 aromatic heterocycles. The van der Waals surface area contributed by atoms with Crippen LogP contribution in [-0.2, 0) is 0 Å². The van der Waals surface area contributed by atoms with E-state index in [1.54, 1.807) is 42.5 Å². The van der Waals surface area contributed by atoms with E-state index in [-0.39, 0.29) is 5.56 Å². The zero-order chi connectivity index (χ0) is 21.3. The zero-order valence-electron chi connectivity index (χ0n) is 15.5. The van der Waals surface area contributed by atoms with Gasteiger partial charge in [0.1, 0.15) is 0 Å². The lowest BCUT2D eigenvalue weighted by Crippen LogP contribution is -2.18. The van der Waals surface area contributed by atoms with Gasteiger partial charge in [-0.2, -0.15) is 0 Å². The van der Waals surface area contributed by atoms with Gasteiger partial charge in [0, 0.05) is 21.5 Å². The van der Waals surface area contributed by atoms with Crippen molar-refractivity contribution in [1.29, 1.82) is 0 Å². The number of nitrogens with one attached hydrogen (secondary N) is 1. The summed E-state index contributed by atoms with van der Waals surface area (Å²) in [5, 5.41) is 1.08. The number of carbonyl (C=O) groups is 1. The first kappa shape index (κ1) is 19.7. The number of rotatable bonds is 4. The summed E-state index contributed by atoms with van der Waals surface area (Å²) in [6.45, 7) is 0. The maximum absolute atomic E-state index is 13.4. The molecule has 0 unspecified atom stereocenters. The number of hydrogen-bond donors (Lipinski definition) is 1. The normalized spacial score (nSPS) is 11.3. The van der Waals surface area contributed by atoms with Gasteiger partial charge in [0.2, 0.25) is 0 Å². The van der Waals surface area contributed by atoms with E-state index in [1.165, 1.54) is 18.2 Å². The Kier molecular flexibility index (Phi) is 5.29. The second-order valence-corrected chi connectivity index (χ2v) is 7.07. The summed E-state index contributed by atoms with van der Waals surface area (Å²) >= 11 is 6.16. The highest BCUT2D eigenvalue weighted by atomic mass is 35.5. The molecule has 0 aliphatic carbocycles. The van der Waals surface area contributed by atoms with Crippen molar-refractivity contribution in [1.82, 2.24) is 4.98 Å². The van der Waals surface area contributed by atoms with Crippen LogP contribution in [-0.4, -0.2) is 10.8 Å². The zero-order valence-corrected chi connectivity index (χ0v) is 16.2. The fourth-order valence-corrected chi connectivity index (χ4v) is 3.45. The van der Waals surface area contributed by atoms with E-state index in [2.05, 4.69) is 4.98 Å². The Balaban J connectivity index is 1.90. The summed E-state index contributed by atoms with van der Waals surface area (Å²) in [5.41, 5.74) is 1.36. The smallest absolute Gasteiger partial charge is 0.260 e. The molecule has 3 nitrogen and oxygen atoms in total. The van der Waals surface area contributed by atoms with E-state index >= 15 is 0 Å². The van der Waals surface area contributed by atoms with Gasteiger partial charge in [-0.15, -0.1) is 0 Å². The Morgan fingerprint density at radius 2 is 1.70 bits per heavy atom. The van der Waals surface area contributed by atoms with Crippen molar-refractivity contribution in [2.45, 2.75) is 0 Å². The van der Waals surface area contributed by atoms with Crippen LogP contribution in [0, 0.1) is 11.6 Å². The number of fused-ring (bicyclic) bond motifs is 1. The summed E-state index contributed by atoms with van der Waals surface area (Å²) in [6.07, 6.45) is 2.50. The van der Waals surface area contributed by atoms with Gasteiger partial charge in [0.25, 0.3) is 5.56 Å². The third kappa shape index (κ3) is 3.80. The fraction of sp³-hybridized carbons (Fsp3) is 0. The van der Waals surface area contributed by atoms with Gasteiger partial charge in [-0.3, -0.25) is 9.59 Å². The van der Waals surface area contributed by atoms with Gasteiger partial charge in [-0.05, 0) is 47.5 Å². The first-order valence-corrected chi connectivity index (χ1v) is 9.40. The molecule has 0 aliphatic rings. The van der Waals surface area contributed by atoms with Gasteiger partial charge in [-0.1, -0.05) is 54.1 Å². The van der Waals surface area contributed by atoms with Gasteiger partial charge in [0.15, 0.2) is 17.4 Å². The number of carbonyl (C=O) groups excluding carboxylic acids is 1. The number of aromatic amines is 1. The number of ketones is 1. The second kappa shape index (κ2) is 8.05. The highest BCUT2D eigenvalue weighted by molar-refractivity contribution is 6.31. The molecule has 148 valence electrons. The molecule has 0 saturated heterocycles. The van der Waals surface area contributed by atoms with Crippen molar-refractivity contribution < 1.29 is 13.6 Å². The van der Waals surface area contributed by atoms with E-state index in [9.17, 15) is 18.4 Å². The molecule has 0 radical (unpaired) electrons. The van der Waals surface area contributed by atoms with E-state index in [1.807, 2.05) is 6.07 Å². The van der Waals surface area contributed by atoms with Crippen LogP contribution in [0.4, 0.5) is 8.78 Å². The minimum atomic E-state index is -1.02. The standard InChI is InChI=1S/C24H14ClF2NO2/c25-16-8-10-20-17(13-16)22(15-4-2-1-3-5-15)23(24(30)28-20)21(29)11-7-14-6-9-18(26)19(27)12-14/h1-13H,(H,28,30)/b11-7+. The minimum absolute atomic E-state index is 0.0604. The number of H-pyrrole nitrogens is 1. The van der Waals surface area contributed by atoms with Crippen molar-refractivity contribution in [2.75, 3.05) is 0 Å². The van der Waals surface area contributed by atoms with Crippen LogP contribution >= 0.6 is 11.6 Å². The fourth-order valence-electron chi connectivity index (χ4n) is 3.28. The summed E-state index contributed by atoms with van der Waals surface area (Å²) < 4.78 is 26.5. The number of allylic oxidation sites excluding steroid dienone is 1. The number of benzene rings is 3. The molecule has 4 aromatic rings. The van der Waals surface area contributed by atoms with E-state index in [4.69, 9.17) is 11.6 Å². The van der Waals surface area contributed by atoms with Crippen molar-refractivity contribution in [3.05, 3.63) is 111 Å². The Labute approximate surface area is 175 Å². The number of pyridine rings is 1. The molecule has 30 heavy (non-hydrogen) atoms.